The Labute approximate surface area is 123 Å². The molecule has 1 N–H and O–H groups in total. The van der Waals surface area contributed by atoms with Crippen LogP contribution in [0.5, 0.6) is 0 Å². The molecule has 0 saturated carbocycles. The Hall–Kier alpha value is -1.75. The third-order valence-electron chi connectivity index (χ3n) is 3.77. The zero-order valence-corrected chi connectivity index (χ0v) is 11.7. The van der Waals surface area contributed by atoms with E-state index in [1.54, 1.807) is 12.1 Å². The van der Waals surface area contributed by atoms with E-state index in [2.05, 4.69) is 17.0 Å². The van der Waals surface area contributed by atoms with Gasteiger partial charge in [-0.2, -0.15) is 0 Å². The van der Waals surface area contributed by atoms with Gasteiger partial charge in [0, 0.05) is 13.1 Å². The van der Waals surface area contributed by atoms with Gasteiger partial charge in [0.25, 0.3) is 0 Å². The van der Waals surface area contributed by atoms with Gasteiger partial charge in [0.2, 0.25) is 0 Å². The molecule has 0 aliphatic carbocycles. The standard InChI is InChI=1S/C17H18FNO2/c18-15-8-6-14(7-9-15)16-17(20)21-11-10-19(16)12-13-4-2-1-3-5-13/h1-9,16-17,20H,10-12H2/t16-,17+/m0/s1. The first kappa shape index (κ1) is 14.2. The van der Waals surface area contributed by atoms with Crippen molar-refractivity contribution < 1.29 is 14.2 Å². The number of hydrogen-bond donors (Lipinski definition) is 1. The number of halogens is 1. The smallest absolute Gasteiger partial charge is 0.174 e. The molecule has 110 valence electrons. The van der Waals surface area contributed by atoms with E-state index in [0.29, 0.717) is 6.61 Å². The van der Waals surface area contributed by atoms with Gasteiger partial charge in [0.1, 0.15) is 5.82 Å². The van der Waals surface area contributed by atoms with E-state index in [-0.39, 0.29) is 11.9 Å². The Balaban J connectivity index is 1.84. The molecule has 1 saturated heterocycles. The molecule has 3 rings (SSSR count). The van der Waals surface area contributed by atoms with Crippen LogP contribution in [0, 0.1) is 5.82 Å². The molecule has 2 aromatic rings. The van der Waals surface area contributed by atoms with E-state index in [1.165, 1.54) is 17.7 Å². The zero-order valence-electron chi connectivity index (χ0n) is 11.7. The van der Waals surface area contributed by atoms with Crippen LogP contribution in [-0.2, 0) is 11.3 Å². The number of morpholine rings is 1. The van der Waals surface area contributed by atoms with Crippen molar-refractivity contribution in [1.82, 2.24) is 4.90 Å². The van der Waals surface area contributed by atoms with Crippen molar-refractivity contribution in [2.75, 3.05) is 13.2 Å². The third-order valence-corrected chi connectivity index (χ3v) is 3.77. The second-order valence-corrected chi connectivity index (χ2v) is 5.21. The van der Waals surface area contributed by atoms with Crippen LogP contribution in [0.4, 0.5) is 4.39 Å². The minimum atomic E-state index is -0.895. The summed E-state index contributed by atoms with van der Waals surface area (Å²) in [4.78, 5) is 2.16. The molecule has 1 aliphatic rings. The second kappa shape index (κ2) is 6.35. The van der Waals surface area contributed by atoms with Crippen molar-refractivity contribution in [2.45, 2.75) is 18.9 Å². The number of aliphatic hydroxyl groups excluding tert-OH is 1. The fourth-order valence-corrected chi connectivity index (χ4v) is 2.73. The lowest BCUT2D eigenvalue weighted by atomic mass is 10.0. The van der Waals surface area contributed by atoms with E-state index in [0.717, 1.165) is 18.7 Å². The lowest BCUT2D eigenvalue weighted by molar-refractivity contribution is -0.184. The van der Waals surface area contributed by atoms with Gasteiger partial charge in [0.15, 0.2) is 6.29 Å². The van der Waals surface area contributed by atoms with Crippen molar-refractivity contribution in [3.8, 4) is 0 Å². The first-order valence-corrected chi connectivity index (χ1v) is 7.07. The molecule has 4 heteroatoms. The molecule has 0 radical (unpaired) electrons. The average molecular weight is 287 g/mol. The van der Waals surface area contributed by atoms with E-state index < -0.39 is 6.29 Å². The maximum atomic E-state index is 13.1. The summed E-state index contributed by atoms with van der Waals surface area (Å²) in [5.41, 5.74) is 2.04. The molecule has 1 aliphatic heterocycles. The first-order chi connectivity index (χ1) is 10.2. The number of aliphatic hydroxyl groups is 1. The average Bonchev–Trinajstić information content (AvgIpc) is 2.50. The second-order valence-electron chi connectivity index (χ2n) is 5.21. The Bertz CT molecular complexity index is 573. The van der Waals surface area contributed by atoms with Crippen molar-refractivity contribution in [3.63, 3.8) is 0 Å². The molecule has 0 spiro atoms. The molecule has 1 heterocycles. The number of ether oxygens (including phenoxy) is 1. The summed E-state index contributed by atoms with van der Waals surface area (Å²) in [6.45, 7) is 1.95. The predicted octanol–water partition coefficient (Wildman–Crippen LogP) is 2.72. The summed E-state index contributed by atoms with van der Waals surface area (Å²) in [5.74, 6) is -0.278. The molecule has 3 nitrogen and oxygen atoms in total. The van der Waals surface area contributed by atoms with Crippen molar-refractivity contribution in [3.05, 3.63) is 71.5 Å². The van der Waals surface area contributed by atoms with Crippen LogP contribution in [0.2, 0.25) is 0 Å². The molecular formula is C17H18FNO2. The van der Waals surface area contributed by atoms with E-state index in [4.69, 9.17) is 4.74 Å². The Kier molecular flexibility index (Phi) is 4.29. The van der Waals surface area contributed by atoms with Crippen molar-refractivity contribution in [1.29, 1.82) is 0 Å². The quantitative estimate of drug-likeness (QED) is 0.942. The minimum absolute atomic E-state index is 0.278. The van der Waals surface area contributed by atoms with Gasteiger partial charge in [-0.05, 0) is 23.3 Å². The van der Waals surface area contributed by atoms with Crippen LogP contribution in [0.25, 0.3) is 0 Å². The van der Waals surface area contributed by atoms with Crippen LogP contribution in [0.3, 0.4) is 0 Å². The first-order valence-electron chi connectivity index (χ1n) is 7.07. The van der Waals surface area contributed by atoms with E-state index >= 15 is 0 Å². The van der Waals surface area contributed by atoms with Crippen LogP contribution < -0.4 is 0 Å². The molecular weight excluding hydrogens is 269 g/mol. The molecule has 21 heavy (non-hydrogen) atoms. The zero-order chi connectivity index (χ0) is 14.7. The number of benzene rings is 2. The third kappa shape index (κ3) is 3.29. The van der Waals surface area contributed by atoms with Gasteiger partial charge in [0.05, 0.1) is 12.6 Å². The highest BCUT2D eigenvalue weighted by Crippen LogP contribution is 2.29. The van der Waals surface area contributed by atoms with E-state index in [1.807, 2.05) is 18.2 Å². The molecule has 2 atom stereocenters. The summed E-state index contributed by atoms with van der Waals surface area (Å²) in [7, 11) is 0. The Morgan fingerprint density at radius 1 is 1.10 bits per heavy atom. The van der Waals surface area contributed by atoms with Gasteiger partial charge in [-0.25, -0.2) is 4.39 Å². The maximum Gasteiger partial charge on any atom is 0.174 e. The van der Waals surface area contributed by atoms with Crippen molar-refractivity contribution in [2.24, 2.45) is 0 Å². The highest BCUT2D eigenvalue weighted by molar-refractivity contribution is 5.22. The van der Waals surface area contributed by atoms with Gasteiger partial charge in [-0.3, -0.25) is 4.90 Å². The highest BCUT2D eigenvalue weighted by Gasteiger charge is 2.32. The number of hydrogen-bond acceptors (Lipinski definition) is 3. The number of rotatable bonds is 3. The largest absolute Gasteiger partial charge is 0.366 e. The SMILES string of the molecule is O[C@@H]1OCCN(Cc2ccccc2)[C@H]1c1ccc(F)cc1. The molecule has 0 amide bonds. The van der Waals surface area contributed by atoms with Crippen LogP contribution in [0.15, 0.2) is 54.6 Å². The predicted molar refractivity (Wildman–Crippen MR) is 78.0 cm³/mol. The van der Waals surface area contributed by atoms with Gasteiger partial charge in [-0.1, -0.05) is 42.5 Å². The Morgan fingerprint density at radius 3 is 2.52 bits per heavy atom. The van der Waals surface area contributed by atoms with Crippen molar-refractivity contribution >= 4 is 0 Å². The number of nitrogens with zero attached hydrogens (tertiary/aromatic N) is 1. The molecule has 0 bridgehead atoms. The van der Waals surface area contributed by atoms with Crippen LogP contribution in [0.1, 0.15) is 17.2 Å². The summed E-state index contributed by atoms with van der Waals surface area (Å²) in [6, 6.07) is 16.1. The van der Waals surface area contributed by atoms with Gasteiger partial charge >= 0.3 is 0 Å². The van der Waals surface area contributed by atoms with Gasteiger partial charge in [-0.15, -0.1) is 0 Å². The van der Waals surface area contributed by atoms with Crippen LogP contribution in [-0.4, -0.2) is 29.4 Å². The summed E-state index contributed by atoms with van der Waals surface area (Å²) >= 11 is 0. The summed E-state index contributed by atoms with van der Waals surface area (Å²) < 4.78 is 18.5. The fraction of sp³-hybridized carbons (Fsp3) is 0.294. The highest BCUT2D eigenvalue weighted by atomic mass is 19.1. The topological polar surface area (TPSA) is 32.7 Å². The Morgan fingerprint density at radius 2 is 1.81 bits per heavy atom. The monoisotopic (exact) mass is 287 g/mol. The normalized spacial score (nSPS) is 23.1. The summed E-state index contributed by atoms with van der Waals surface area (Å²) in [5, 5.41) is 10.2. The lowest BCUT2D eigenvalue weighted by Gasteiger charge is -2.39. The molecule has 0 aromatic heterocycles. The summed E-state index contributed by atoms with van der Waals surface area (Å²) in [6.07, 6.45) is -0.895. The van der Waals surface area contributed by atoms with Crippen LogP contribution >= 0.6 is 0 Å². The molecule has 2 aromatic carbocycles. The van der Waals surface area contributed by atoms with Gasteiger partial charge < -0.3 is 9.84 Å². The maximum absolute atomic E-state index is 13.1. The fourth-order valence-electron chi connectivity index (χ4n) is 2.73. The van der Waals surface area contributed by atoms with E-state index in [9.17, 15) is 9.50 Å². The molecule has 0 unspecified atom stereocenters. The minimum Gasteiger partial charge on any atom is -0.366 e. The molecule has 1 fully saturated rings. The lowest BCUT2D eigenvalue weighted by Crippen LogP contribution is -2.44.